The van der Waals surface area contributed by atoms with Crippen LogP contribution in [-0.4, -0.2) is 0 Å². The molecule has 0 aromatic heterocycles. The van der Waals surface area contributed by atoms with Gasteiger partial charge in [0.25, 0.3) is 0 Å². The van der Waals surface area contributed by atoms with Crippen LogP contribution in [0.4, 0.5) is 0 Å². The van der Waals surface area contributed by atoms with E-state index in [1.165, 1.54) is 0 Å². The number of allylic oxidation sites excluding steroid dienone is 4. The molecule has 11 heavy (non-hydrogen) atoms. The summed E-state index contributed by atoms with van der Waals surface area (Å²) in [6, 6.07) is 0. The average Bonchev–Trinajstić information content (AvgIpc) is 1.88. The molecule has 0 aliphatic heterocycles. The van der Waals surface area contributed by atoms with E-state index in [1.54, 1.807) is 6.08 Å². The molecule has 0 fully saturated rings. The highest BCUT2D eigenvalue weighted by Crippen LogP contribution is 2.26. The van der Waals surface area contributed by atoms with Crippen molar-refractivity contribution in [3.63, 3.8) is 0 Å². The summed E-state index contributed by atoms with van der Waals surface area (Å²) in [4.78, 5) is 0. The molecule has 0 radical (unpaired) electrons. The van der Waals surface area contributed by atoms with Crippen LogP contribution in [0.1, 0.15) is 13.8 Å². The Balaban J connectivity index is 4.83. The third kappa shape index (κ3) is 3.13. The fraction of sp³-hybridized carbons (Fsp3) is 0.333. The van der Waals surface area contributed by atoms with Gasteiger partial charge in [0.1, 0.15) is 0 Å². The summed E-state index contributed by atoms with van der Waals surface area (Å²) in [5.74, 6) is 0.329. The van der Waals surface area contributed by atoms with Gasteiger partial charge in [-0.3, -0.25) is 0 Å². The molecule has 62 valence electrons. The van der Waals surface area contributed by atoms with E-state index in [2.05, 4.69) is 13.2 Å². The van der Waals surface area contributed by atoms with E-state index in [4.69, 9.17) is 23.2 Å². The molecule has 0 aromatic rings. The van der Waals surface area contributed by atoms with Crippen molar-refractivity contribution in [2.45, 2.75) is 13.8 Å². The number of hydrogen-bond acceptors (Lipinski definition) is 0. The van der Waals surface area contributed by atoms with Crippen LogP contribution in [-0.2, 0) is 0 Å². The Kier molecular flexibility index (Phi) is 4.55. The minimum Gasteiger partial charge on any atom is -0.0987 e. The van der Waals surface area contributed by atoms with Crippen molar-refractivity contribution in [2.24, 2.45) is 5.92 Å². The molecule has 0 spiro atoms. The van der Waals surface area contributed by atoms with Crippen molar-refractivity contribution >= 4 is 23.2 Å². The normalized spacial score (nSPS) is 12.8. The topological polar surface area (TPSA) is 0 Å². The first-order valence-corrected chi connectivity index (χ1v) is 4.13. The highest BCUT2D eigenvalue weighted by Gasteiger charge is 2.06. The Morgan fingerprint density at radius 3 is 1.91 bits per heavy atom. The van der Waals surface area contributed by atoms with Crippen molar-refractivity contribution in [1.29, 1.82) is 0 Å². The molecule has 0 amide bonds. The van der Waals surface area contributed by atoms with E-state index >= 15 is 0 Å². The largest absolute Gasteiger partial charge is 0.0987 e. The number of halogens is 2. The van der Waals surface area contributed by atoms with E-state index in [1.807, 2.05) is 13.8 Å². The maximum Gasteiger partial charge on any atom is 0.0620 e. The van der Waals surface area contributed by atoms with Gasteiger partial charge >= 0.3 is 0 Å². The first-order chi connectivity index (χ1) is 5.00. The monoisotopic (exact) mass is 190 g/mol. The third-order valence-electron chi connectivity index (χ3n) is 1.33. The molecular formula is C9H12Cl2. The van der Waals surface area contributed by atoms with Gasteiger partial charge in [-0.05, 0) is 11.5 Å². The van der Waals surface area contributed by atoms with Crippen molar-refractivity contribution in [1.82, 2.24) is 0 Å². The zero-order valence-electron chi connectivity index (χ0n) is 6.82. The summed E-state index contributed by atoms with van der Waals surface area (Å²) >= 11 is 11.5. The lowest BCUT2D eigenvalue weighted by atomic mass is 10.0. The quantitative estimate of drug-likeness (QED) is 0.589. The molecule has 0 atom stereocenters. The van der Waals surface area contributed by atoms with Crippen LogP contribution >= 0.6 is 23.2 Å². The average molecular weight is 191 g/mol. The first kappa shape index (κ1) is 10.8. The Bertz CT molecular complexity index is 200. The SMILES string of the molecule is C=C/C(=C(/Cl)C(=C)Cl)C(C)C. The number of rotatable bonds is 3. The summed E-state index contributed by atoms with van der Waals surface area (Å²) in [5, 5.41) is 0.881. The second-order valence-electron chi connectivity index (χ2n) is 2.53. The molecule has 0 rings (SSSR count). The van der Waals surface area contributed by atoms with Gasteiger partial charge in [-0.2, -0.15) is 0 Å². The van der Waals surface area contributed by atoms with Crippen LogP contribution in [0.25, 0.3) is 0 Å². The predicted molar refractivity (Wildman–Crippen MR) is 52.9 cm³/mol. The first-order valence-electron chi connectivity index (χ1n) is 3.37. The lowest BCUT2D eigenvalue weighted by molar-refractivity contribution is 0.790. The molecule has 0 N–H and O–H groups in total. The number of hydrogen-bond donors (Lipinski definition) is 0. The Hall–Kier alpha value is -0.200. The van der Waals surface area contributed by atoms with Gasteiger partial charge in [0.2, 0.25) is 0 Å². The molecule has 0 heterocycles. The Labute approximate surface area is 78.2 Å². The molecule has 0 aliphatic carbocycles. The van der Waals surface area contributed by atoms with Crippen LogP contribution in [0.15, 0.2) is 34.9 Å². The fourth-order valence-electron chi connectivity index (χ4n) is 0.735. The molecule has 0 aromatic carbocycles. The molecule has 0 aliphatic rings. The van der Waals surface area contributed by atoms with Gasteiger partial charge in [0.05, 0.1) is 10.1 Å². The molecule has 2 heteroatoms. The van der Waals surface area contributed by atoms with Crippen molar-refractivity contribution in [3.8, 4) is 0 Å². The lowest BCUT2D eigenvalue weighted by Crippen LogP contribution is -1.92. The summed E-state index contributed by atoms with van der Waals surface area (Å²) in [5.41, 5.74) is 0.937. The van der Waals surface area contributed by atoms with Crippen LogP contribution < -0.4 is 0 Å². The van der Waals surface area contributed by atoms with Gasteiger partial charge in [-0.15, -0.1) is 0 Å². The van der Waals surface area contributed by atoms with E-state index in [9.17, 15) is 0 Å². The summed E-state index contributed by atoms with van der Waals surface area (Å²) in [6.07, 6.45) is 1.71. The standard InChI is InChI=1S/C9H12Cl2/c1-5-8(6(2)3)9(11)7(4)10/h5-6H,1,4H2,2-3H3/b9-8-. The zero-order valence-corrected chi connectivity index (χ0v) is 8.34. The van der Waals surface area contributed by atoms with E-state index in [0.29, 0.717) is 16.0 Å². The minimum absolute atomic E-state index is 0.329. The smallest absolute Gasteiger partial charge is 0.0620 e. The van der Waals surface area contributed by atoms with E-state index in [-0.39, 0.29) is 0 Å². The summed E-state index contributed by atoms with van der Waals surface area (Å²) < 4.78 is 0. The molecule has 0 saturated carbocycles. The maximum absolute atomic E-state index is 5.85. The summed E-state index contributed by atoms with van der Waals surface area (Å²) in [6.45, 7) is 11.2. The van der Waals surface area contributed by atoms with Gasteiger partial charge in [-0.1, -0.05) is 56.3 Å². The highest BCUT2D eigenvalue weighted by atomic mass is 35.5. The van der Waals surface area contributed by atoms with Gasteiger partial charge in [0, 0.05) is 0 Å². The predicted octanol–water partition coefficient (Wildman–Crippen LogP) is 4.07. The van der Waals surface area contributed by atoms with E-state index < -0.39 is 0 Å². The van der Waals surface area contributed by atoms with Crippen LogP contribution in [0.5, 0.6) is 0 Å². The van der Waals surface area contributed by atoms with Crippen LogP contribution in [0, 0.1) is 5.92 Å². The van der Waals surface area contributed by atoms with Crippen molar-refractivity contribution < 1.29 is 0 Å². The summed E-state index contributed by atoms with van der Waals surface area (Å²) in [7, 11) is 0. The van der Waals surface area contributed by atoms with Gasteiger partial charge in [0.15, 0.2) is 0 Å². The molecular weight excluding hydrogens is 179 g/mol. The second-order valence-corrected chi connectivity index (χ2v) is 3.37. The minimum atomic E-state index is 0.329. The van der Waals surface area contributed by atoms with Crippen molar-refractivity contribution in [2.75, 3.05) is 0 Å². The van der Waals surface area contributed by atoms with Crippen molar-refractivity contribution in [3.05, 3.63) is 34.9 Å². The lowest BCUT2D eigenvalue weighted by Gasteiger charge is -2.08. The third-order valence-corrected chi connectivity index (χ3v) is 2.07. The highest BCUT2D eigenvalue weighted by molar-refractivity contribution is 6.44. The molecule has 0 bridgehead atoms. The second kappa shape index (κ2) is 4.63. The maximum atomic E-state index is 5.85. The van der Waals surface area contributed by atoms with Crippen LogP contribution in [0.2, 0.25) is 0 Å². The van der Waals surface area contributed by atoms with Gasteiger partial charge in [-0.25, -0.2) is 0 Å². The van der Waals surface area contributed by atoms with E-state index in [0.717, 1.165) is 5.57 Å². The van der Waals surface area contributed by atoms with Gasteiger partial charge < -0.3 is 0 Å². The molecule has 0 saturated heterocycles. The van der Waals surface area contributed by atoms with Crippen LogP contribution in [0.3, 0.4) is 0 Å². The Morgan fingerprint density at radius 2 is 1.82 bits per heavy atom. The molecule has 0 unspecified atom stereocenters. The zero-order chi connectivity index (χ0) is 9.02. The fourth-order valence-corrected chi connectivity index (χ4v) is 1.14. The molecule has 0 nitrogen and oxygen atoms in total. The Morgan fingerprint density at radius 1 is 1.36 bits per heavy atom.